The van der Waals surface area contributed by atoms with E-state index in [1.165, 1.54) is 4.90 Å². The van der Waals surface area contributed by atoms with Gasteiger partial charge in [0, 0.05) is 19.7 Å². The zero-order valence-corrected chi connectivity index (χ0v) is 11.7. The van der Waals surface area contributed by atoms with Gasteiger partial charge in [-0.25, -0.2) is 4.98 Å². The van der Waals surface area contributed by atoms with Crippen LogP contribution in [0.3, 0.4) is 0 Å². The first kappa shape index (κ1) is 16.5. The normalized spacial score (nSPS) is 13.2. The lowest BCUT2D eigenvalue weighted by Crippen LogP contribution is -2.33. The van der Waals surface area contributed by atoms with Crippen LogP contribution in [-0.2, 0) is 6.18 Å². The molecule has 8 heteroatoms. The highest BCUT2D eigenvalue weighted by molar-refractivity contribution is 5.45. The number of aliphatic hydroxyl groups is 1. The van der Waals surface area contributed by atoms with Gasteiger partial charge in [0.15, 0.2) is 5.69 Å². The van der Waals surface area contributed by atoms with E-state index in [0.29, 0.717) is 6.54 Å². The molecule has 1 rings (SSSR count). The SMILES string of the molecule is CCCNc1nc(N(C)C(C)CO)cc(C(F)(F)F)n1. The molecule has 114 valence electrons. The number of nitrogens with zero attached hydrogens (tertiary/aromatic N) is 3. The van der Waals surface area contributed by atoms with Gasteiger partial charge in [-0.3, -0.25) is 0 Å². The fourth-order valence-corrected chi connectivity index (χ4v) is 1.42. The van der Waals surface area contributed by atoms with Gasteiger partial charge in [-0.1, -0.05) is 6.92 Å². The Hall–Kier alpha value is -1.57. The van der Waals surface area contributed by atoms with Gasteiger partial charge in [-0.2, -0.15) is 18.2 Å². The average Bonchev–Trinajstić information content (AvgIpc) is 2.42. The highest BCUT2D eigenvalue weighted by Crippen LogP contribution is 2.30. The zero-order valence-electron chi connectivity index (χ0n) is 11.7. The maximum absolute atomic E-state index is 12.8. The van der Waals surface area contributed by atoms with Crippen LogP contribution in [-0.4, -0.2) is 41.3 Å². The molecule has 20 heavy (non-hydrogen) atoms. The molecule has 0 saturated carbocycles. The molecule has 1 heterocycles. The summed E-state index contributed by atoms with van der Waals surface area (Å²) in [4.78, 5) is 9.00. The van der Waals surface area contributed by atoms with Crippen molar-refractivity contribution in [2.75, 3.05) is 30.4 Å². The molecule has 0 aliphatic carbocycles. The smallest absolute Gasteiger partial charge is 0.394 e. The third kappa shape index (κ3) is 4.22. The molecule has 0 bridgehead atoms. The van der Waals surface area contributed by atoms with Crippen LogP contribution in [0.25, 0.3) is 0 Å². The topological polar surface area (TPSA) is 61.3 Å². The van der Waals surface area contributed by atoms with Gasteiger partial charge in [-0.15, -0.1) is 0 Å². The number of likely N-dealkylation sites (N-methyl/N-ethyl adjacent to an activating group) is 1. The van der Waals surface area contributed by atoms with Gasteiger partial charge in [0.05, 0.1) is 12.6 Å². The second-order valence-electron chi connectivity index (χ2n) is 4.50. The molecule has 1 unspecified atom stereocenters. The maximum Gasteiger partial charge on any atom is 0.433 e. The van der Waals surface area contributed by atoms with E-state index in [1.807, 2.05) is 6.92 Å². The van der Waals surface area contributed by atoms with Crippen LogP contribution in [0.5, 0.6) is 0 Å². The number of hydrogen-bond donors (Lipinski definition) is 2. The minimum absolute atomic E-state index is 0.0614. The zero-order chi connectivity index (χ0) is 15.3. The Balaban J connectivity index is 3.15. The van der Waals surface area contributed by atoms with E-state index in [-0.39, 0.29) is 24.4 Å². The molecule has 0 amide bonds. The Morgan fingerprint density at radius 1 is 1.40 bits per heavy atom. The van der Waals surface area contributed by atoms with Crippen LogP contribution >= 0.6 is 0 Å². The van der Waals surface area contributed by atoms with Crippen molar-refractivity contribution in [1.82, 2.24) is 9.97 Å². The van der Waals surface area contributed by atoms with Crippen molar-refractivity contribution in [3.63, 3.8) is 0 Å². The lowest BCUT2D eigenvalue weighted by Gasteiger charge is -2.25. The van der Waals surface area contributed by atoms with Crippen molar-refractivity contribution in [2.24, 2.45) is 0 Å². The molecule has 0 aromatic carbocycles. The van der Waals surface area contributed by atoms with Crippen LogP contribution < -0.4 is 10.2 Å². The van der Waals surface area contributed by atoms with Gasteiger partial charge in [0.2, 0.25) is 5.95 Å². The first-order valence-corrected chi connectivity index (χ1v) is 6.33. The fourth-order valence-electron chi connectivity index (χ4n) is 1.42. The molecule has 1 atom stereocenters. The first-order valence-electron chi connectivity index (χ1n) is 6.33. The van der Waals surface area contributed by atoms with E-state index in [2.05, 4.69) is 15.3 Å². The number of aliphatic hydroxyl groups excluding tert-OH is 1. The summed E-state index contributed by atoms with van der Waals surface area (Å²) in [6.45, 7) is 3.88. The van der Waals surface area contributed by atoms with Crippen molar-refractivity contribution in [2.45, 2.75) is 32.5 Å². The van der Waals surface area contributed by atoms with Gasteiger partial charge in [0.1, 0.15) is 5.82 Å². The molecule has 0 radical (unpaired) electrons. The summed E-state index contributed by atoms with van der Waals surface area (Å²) in [5, 5.41) is 11.8. The van der Waals surface area contributed by atoms with Gasteiger partial charge >= 0.3 is 6.18 Å². The summed E-state index contributed by atoms with van der Waals surface area (Å²) in [7, 11) is 1.58. The average molecular weight is 292 g/mol. The number of rotatable bonds is 6. The summed E-state index contributed by atoms with van der Waals surface area (Å²) in [5.74, 6) is 0.0566. The highest BCUT2D eigenvalue weighted by atomic mass is 19.4. The Kier molecular flexibility index (Phi) is 5.55. The molecule has 2 N–H and O–H groups in total. The molecular formula is C12H19F3N4O. The number of alkyl halides is 3. The lowest BCUT2D eigenvalue weighted by molar-refractivity contribution is -0.141. The van der Waals surface area contributed by atoms with E-state index in [4.69, 9.17) is 5.11 Å². The molecular weight excluding hydrogens is 273 g/mol. The number of anilines is 2. The first-order chi connectivity index (χ1) is 9.29. The summed E-state index contributed by atoms with van der Waals surface area (Å²) in [6, 6.07) is 0.536. The largest absolute Gasteiger partial charge is 0.433 e. The van der Waals surface area contributed by atoms with Crippen molar-refractivity contribution >= 4 is 11.8 Å². The lowest BCUT2D eigenvalue weighted by atomic mass is 10.3. The summed E-state index contributed by atoms with van der Waals surface area (Å²) >= 11 is 0. The second kappa shape index (κ2) is 6.74. The van der Waals surface area contributed by atoms with Gasteiger partial charge in [0.25, 0.3) is 0 Å². The van der Waals surface area contributed by atoms with Crippen LogP contribution in [0.2, 0.25) is 0 Å². The number of aromatic nitrogens is 2. The van der Waals surface area contributed by atoms with Crippen LogP contribution in [0, 0.1) is 0 Å². The Morgan fingerprint density at radius 2 is 2.05 bits per heavy atom. The van der Waals surface area contributed by atoms with Crippen LogP contribution in [0.4, 0.5) is 24.9 Å². The fraction of sp³-hybridized carbons (Fsp3) is 0.667. The van der Waals surface area contributed by atoms with Gasteiger partial charge in [-0.05, 0) is 13.3 Å². The quantitative estimate of drug-likeness (QED) is 0.841. The monoisotopic (exact) mass is 292 g/mol. The Labute approximate surface area is 115 Å². The van der Waals surface area contributed by atoms with E-state index < -0.39 is 11.9 Å². The minimum atomic E-state index is -4.54. The summed E-state index contributed by atoms with van der Waals surface area (Å²) in [5.41, 5.74) is -1.00. The van der Waals surface area contributed by atoms with Crippen molar-refractivity contribution in [1.29, 1.82) is 0 Å². The van der Waals surface area contributed by atoms with Crippen LogP contribution in [0.15, 0.2) is 6.07 Å². The summed E-state index contributed by atoms with van der Waals surface area (Å²) in [6.07, 6.45) is -3.79. The molecule has 0 spiro atoms. The van der Waals surface area contributed by atoms with Crippen molar-refractivity contribution in [3.8, 4) is 0 Å². The standard InChI is InChI=1S/C12H19F3N4O/c1-4-5-16-11-17-9(12(13,14)15)6-10(18-11)19(3)8(2)7-20/h6,8,20H,4-5,7H2,1-3H3,(H,16,17,18). The Morgan fingerprint density at radius 3 is 2.55 bits per heavy atom. The number of nitrogens with one attached hydrogen (secondary N) is 1. The molecule has 0 saturated heterocycles. The van der Waals surface area contributed by atoms with E-state index >= 15 is 0 Å². The predicted molar refractivity (Wildman–Crippen MR) is 70.8 cm³/mol. The highest BCUT2D eigenvalue weighted by Gasteiger charge is 2.34. The Bertz CT molecular complexity index is 439. The van der Waals surface area contributed by atoms with Crippen molar-refractivity contribution in [3.05, 3.63) is 11.8 Å². The third-order valence-corrected chi connectivity index (χ3v) is 2.82. The number of hydrogen-bond acceptors (Lipinski definition) is 5. The molecule has 0 aliphatic rings. The van der Waals surface area contributed by atoms with Crippen molar-refractivity contribution < 1.29 is 18.3 Å². The minimum Gasteiger partial charge on any atom is -0.394 e. The predicted octanol–water partition coefficient (Wildman–Crippen LogP) is 2.13. The second-order valence-corrected chi connectivity index (χ2v) is 4.50. The summed E-state index contributed by atoms with van der Waals surface area (Å²) < 4.78 is 38.5. The molecule has 5 nitrogen and oxygen atoms in total. The third-order valence-electron chi connectivity index (χ3n) is 2.82. The molecule has 0 fully saturated rings. The van der Waals surface area contributed by atoms with E-state index in [1.54, 1.807) is 14.0 Å². The molecule has 0 aliphatic heterocycles. The van der Waals surface area contributed by atoms with Crippen LogP contribution in [0.1, 0.15) is 26.0 Å². The van der Waals surface area contributed by atoms with E-state index in [0.717, 1.165) is 12.5 Å². The maximum atomic E-state index is 12.8. The molecule has 1 aromatic rings. The van der Waals surface area contributed by atoms with Gasteiger partial charge < -0.3 is 15.3 Å². The molecule has 1 aromatic heterocycles. The number of halogens is 3. The van der Waals surface area contributed by atoms with E-state index in [9.17, 15) is 13.2 Å².